The molecule has 0 bridgehead atoms. The number of ether oxygens (including phenoxy) is 1. The maximum Gasteiger partial charge on any atom is 0.332 e. The van der Waals surface area contributed by atoms with Crippen molar-refractivity contribution in [2.75, 3.05) is 6.61 Å². The lowest BCUT2D eigenvalue weighted by atomic mass is 10.1. The molecule has 0 radical (unpaired) electrons. The number of hydrogen-bond acceptors (Lipinski definition) is 2. The molecule has 0 rings (SSSR count). The van der Waals surface area contributed by atoms with Crippen molar-refractivity contribution in [1.29, 1.82) is 0 Å². The van der Waals surface area contributed by atoms with E-state index >= 15 is 0 Å². The molecule has 0 aliphatic rings. The van der Waals surface area contributed by atoms with Crippen LogP contribution in [0, 0.1) is 0 Å². The van der Waals surface area contributed by atoms with E-state index in [4.69, 9.17) is 51.1 Å². The number of esters is 1. The molecule has 2 nitrogen and oxygen atoms in total. The molecule has 0 aromatic carbocycles. The van der Waals surface area contributed by atoms with E-state index in [1.165, 1.54) is 5.57 Å². The first-order valence-electron chi connectivity index (χ1n) is 6.03. The van der Waals surface area contributed by atoms with Crippen molar-refractivity contribution in [2.45, 2.75) is 37.4 Å². The van der Waals surface area contributed by atoms with Gasteiger partial charge in [-0.05, 0) is 39.7 Å². The molecular formula is C14H18Cl4O2. The third-order valence-electron chi connectivity index (χ3n) is 2.26. The lowest BCUT2D eigenvalue weighted by molar-refractivity contribution is -0.136. The van der Waals surface area contributed by atoms with Gasteiger partial charge in [-0.25, -0.2) is 4.79 Å². The van der Waals surface area contributed by atoms with Crippen LogP contribution in [0.1, 0.15) is 33.6 Å². The van der Waals surface area contributed by atoms with Crippen LogP contribution in [0.25, 0.3) is 0 Å². The van der Waals surface area contributed by atoms with Gasteiger partial charge in [0.05, 0.1) is 5.03 Å². The lowest BCUT2D eigenvalue weighted by Gasteiger charge is -2.08. The highest BCUT2D eigenvalue weighted by molar-refractivity contribution is 6.73. The van der Waals surface area contributed by atoms with Crippen molar-refractivity contribution >= 4 is 52.4 Å². The minimum atomic E-state index is -1.81. The van der Waals surface area contributed by atoms with Crippen LogP contribution in [0.2, 0.25) is 0 Å². The zero-order valence-corrected chi connectivity index (χ0v) is 14.7. The van der Waals surface area contributed by atoms with E-state index in [-0.39, 0.29) is 11.6 Å². The molecule has 114 valence electrons. The molecule has 6 heteroatoms. The Morgan fingerprint density at radius 2 is 1.75 bits per heavy atom. The zero-order valence-electron chi connectivity index (χ0n) is 11.7. The Hall–Kier alpha value is -0.150. The largest absolute Gasteiger partial charge is 0.458 e. The number of carbonyl (C=O) groups excluding carboxylic acids is 1. The molecule has 0 aliphatic heterocycles. The second-order valence-corrected chi connectivity index (χ2v) is 7.18. The molecule has 0 heterocycles. The summed E-state index contributed by atoms with van der Waals surface area (Å²) in [5.41, 5.74) is 2.43. The fourth-order valence-electron chi connectivity index (χ4n) is 1.18. The summed E-state index contributed by atoms with van der Waals surface area (Å²) in [5, 5.41) is -0.197. The van der Waals surface area contributed by atoms with Gasteiger partial charge in [0.2, 0.25) is 3.79 Å². The Labute approximate surface area is 140 Å². The van der Waals surface area contributed by atoms with Crippen LogP contribution >= 0.6 is 46.4 Å². The molecule has 0 aromatic heterocycles. The predicted octanol–water partition coefficient (Wildman–Crippen LogP) is 5.72. The van der Waals surface area contributed by atoms with Crippen LogP contribution in [0.5, 0.6) is 0 Å². The maximum atomic E-state index is 11.4. The first-order chi connectivity index (χ1) is 9.12. The standard InChI is InChI=1S/C14H18Cl4O2/c1-10(2)5-4-6-11(3)7-8-20-13(19)9-12(15)14(16,17)18/h5,7,9H,4,6,8H2,1-3H3/b11-7+,12-9-. The highest BCUT2D eigenvalue weighted by Crippen LogP contribution is 2.36. The second-order valence-electron chi connectivity index (χ2n) is 4.49. The summed E-state index contributed by atoms with van der Waals surface area (Å²) in [6, 6.07) is 0. The van der Waals surface area contributed by atoms with Crippen molar-refractivity contribution in [1.82, 2.24) is 0 Å². The molecule has 0 amide bonds. The van der Waals surface area contributed by atoms with E-state index in [0.29, 0.717) is 0 Å². The number of carbonyl (C=O) groups is 1. The smallest absolute Gasteiger partial charge is 0.332 e. The average Bonchev–Trinajstić information content (AvgIpc) is 2.26. The van der Waals surface area contributed by atoms with Crippen molar-refractivity contribution in [3.8, 4) is 0 Å². The second kappa shape index (κ2) is 9.73. The van der Waals surface area contributed by atoms with Crippen molar-refractivity contribution < 1.29 is 9.53 Å². The lowest BCUT2D eigenvalue weighted by Crippen LogP contribution is -2.07. The van der Waals surface area contributed by atoms with Crippen LogP contribution in [0.3, 0.4) is 0 Å². The molecular weight excluding hydrogens is 342 g/mol. The van der Waals surface area contributed by atoms with Gasteiger partial charge in [0.1, 0.15) is 6.61 Å². The highest BCUT2D eigenvalue weighted by Gasteiger charge is 2.25. The van der Waals surface area contributed by atoms with Crippen LogP contribution in [-0.2, 0) is 9.53 Å². The fourth-order valence-corrected chi connectivity index (χ4v) is 1.44. The summed E-state index contributed by atoms with van der Waals surface area (Å²) in [4.78, 5) is 11.4. The summed E-state index contributed by atoms with van der Waals surface area (Å²) in [5.74, 6) is -0.644. The van der Waals surface area contributed by atoms with Crippen LogP contribution in [0.15, 0.2) is 34.4 Å². The van der Waals surface area contributed by atoms with E-state index in [0.717, 1.165) is 24.5 Å². The summed E-state index contributed by atoms with van der Waals surface area (Å²) in [7, 11) is 0. The Kier molecular flexibility index (Phi) is 9.65. The molecule has 0 saturated heterocycles. The van der Waals surface area contributed by atoms with Gasteiger partial charge >= 0.3 is 5.97 Å². The number of alkyl halides is 3. The van der Waals surface area contributed by atoms with Gasteiger partial charge in [-0.1, -0.05) is 63.6 Å². The SMILES string of the molecule is CC(C)=CCC/C(C)=C/COC(=O)/C=C(\Cl)C(Cl)(Cl)Cl. The highest BCUT2D eigenvalue weighted by atomic mass is 35.6. The molecule has 0 aromatic rings. The normalized spacial score (nSPS) is 13.2. The van der Waals surface area contributed by atoms with Crippen LogP contribution in [-0.4, -0.2) is 16.4 Å². The number of halogens is 4. The zero-order chi connectivity index (χ0) is 15.8. The topological polar surface area (TPSA) is 26.3 Å². The van der Waals surface area contributed by atoms with Gasteiger partial charge in [0, 0.05) is 6.08 Å². The molecule has 0 atom stereocenters. The van der Waals surface area contributed by atoms with E-state index in [2.05, 4.69) is 19.9 Å². The molecule has 0 unspecified atom stereocenters. The van der Waals surface area contributed by atoms with Gasteiger partial charge in [0.15, 0.2) is 0 Å². The van der Waals surface area contributed by atoms with E-state index in [1.807, 2.05) is 13.0 Å². The van der Waals surface area contributed by atoms with E-state index < -0.39 is 9.76 Å². The summed E-state index contributed by atoms with van der Waals surface area (Å²) < 4.78 is 3.13. The van der Waals surface area contributed by atoms with Gasteiger partial charge in [0.25, 0.3) is 0 Å². The van der Waals surface area contributed by atoms with Gasteiger partial charge in [-0.2, -0.15) is 0 Å². The predicted molar refractivity (Wildman–Crippen MR) is 87.6 cm³/mol. The van der Waals surface area contributed by atoms with Gasteiger partial charge < -0.3 is 4.74 Å². The molecule has 0 N–H and O–H groups in total. The number of allylic oxidation sites excluding steroid dienone is 4. The summed E-state index contributed by atoms with van der Waals surface area (Å²) >= 11 is 22.1. The first-order valence-corrected chi connectivity index (χ1v) is 7.54. The van der Waals surface area contributed by atoms with Crippen molar-refractivity contribution in [3.63, 3.8) is 0 Å². The number of hydrogen-bond donors (Lipinski definition) is 0. The third-order valence-corrected chi connectivity index (χ3v) is 3.56. The first kappa shape index (κ1) is 19.9. The Balaban J connectivity index is 4.17. The minimum Gasteiger partial charge on any atom is -0.458 e. The van der Waals surface area contributed by atoms with Gasteiger partial charge in [-0.15, -0.1) is 0 Å². The third kappa shape index (κ3) is 10.6. The number of rotatable bonds is 6. The molecule has 0 aliphatic carbocycles. The van der Waals surface area contributed by atoms with E-state index in [1.54, 1.807) is 0 Å². The molecule has 0 spiro atoms. The monoisotopic (exact) mass is 358 g/mol. The van der Waals surface area contributed by atoms with Crippen LogP contribution in [0.4, 0.5) is 0 Å². The fraction of sp³-hybridized carbons (Fsp3) is 0.500. The Morgan fingerprint density at radius 3 is 2.25 bits per heavy atom. The molecule has 0 fully saturated rings. The maximum absolute atomic E-state index is 11.4. The average molecular weight is 360 g/mol. The van der Waals surface area contributed by atoms with E-state index in [9.17, 15) is 4.79 Å². The summed E-state index contributed by atoms with van der Waals surface area (Å²) in [6.07, 6.45) is 6.85. The Morgan fingerprint density at radius 1 is 1.15 bits per heavy atom. The van der Waals surface area contributed by atoms with Crippen LogP contribution < -0.4 is 0 Å². The Bertz CT molecular complexity index is 413. The molecule has 0 saturated carbocycles. The van der Waals surface area contributed by atoms with Crippen molar-refractivity contribution in [3.05, 3.63) is 34.4 Å². The quantitative estimate of drug-likeness (QED) is 0.262. The molecule has 20 heavy (non-hydrogen) atoms. The minimum absolute atomic E-state index is 0.167. The van der Waals surface area contributed by atoms with Gasteiger partial charge in [-0.3, -0.25) is 0 Å². The summed E-state index contributed by atoms with van der Waals surface area (Å²) in [6.45, 7) is 6.26. The van der Waals surface area contributed by atoms with Crippen molar-refractivity contribution in [2.24, 2.45) is 0 Å².